The molecule has 5 heteroatoms. The molecule has 1 atom stereocenters. The number of thiocarbonyl (C=S) groups is 1. The molecular formula is C12H19N3OS. The number of oxazole rings is 1. The summed E-state index contributed by atoms with van der Waals surface area (Å²) in [6.45, 7) is 3.88. The van der Waals surface area contributed by atoms with Crippen molar-refractivity contribution in [3.8, 4) is 0 Å². The Morgan fingerprint density at radius 1 is 1.53 bits per heavy atom. The molecule has 1 heterocycles. The van der Waals surface area contributed by atoms with Gasteiger partial charge in [0.15, 0.2) is 5.11 Å². The summed E-state index contributed by atoms with van der Waals surface area (Å²) in [5.41, 5.74) is 0. The first-order valence-electron chi connectivity index (χ1n) is 6.14. The summed E-state index contributed by atoms with van der Waals surface area (Å²) in [5.74, 6) is 1.50. The molecule has 1 aromatic rings. The van der Waals surface area contributed by atoms with Crippen molar-refractivity contribution in [2.24, 2.45) is 0 Å². The maximum absolute atomic E-state index is 5.46. The molecule has 1 aromatic heterocycles. The smallest absolute Gasteiger partial charge is 0.216 e. The Bertz CT molecular complexity index is 385. The highest BCUT2D eigenvalue weighted by Crippen LogP contribution is 2.18. The Morgan fingerprint density at radius 3 is 2.82 bits per heavy atom. The zero-order valence-electron chi connectivity index (χ0n) is 10.3. The predicted octanol–water partition coefficient (Wildman–Crippen LogP) is 2.45. The molecule has 1 aliphatic carbocycles. The Kier molecular flexibility index (Phi) is 3.99. The topological polar surface area (TPSA) is 50.1 Å². The quantitative estimate of drug-likeness (QED) is 0.810. The molecule has 17 heavy (non-hydrogen) atoms. The van der Waals surface area contributed by atoms with Crippen molar-refractivity contribution in [2.75, 3.05) is 0 Å². The Labute approximate surface area is 107 Å². The molecule has 0 aliphatic heterocycles. The van der Waals surface area contributed by atoms with Gasteiger partial charge in [-0.3, -0.25) is 0 Å². The van der Waals surface area contributed by atoms with E-state index in [1.807, 2.05) is 13.8 Å². The first-order valence-corrected chi connectivity index (χ1v) is 6.55. The van der Waals surface area contributed by atoms with Gasteiger partial charge in [0, 0.05) is 6.04 Å². The lowest BCUT2D eigenvalue weighted by Gasteiger charge is -2.18. The van der Waals surface area contributed by atoms with Crippen molar-refractivity contribution in [1.82, 2.24) is 15.6 Å². The van der Waals surface area contributed by atoms with E-state index in [4.69, 9.17) is 16.6 Å². The van der Waals surface area contributed by atoms with Gasteiger partial charge < -0.3 is 15.1 Å². The highest BCUT2D eigenvalue weighted by molar-refractivity contribution is 7.80. The van der Waals surface area contributed by atoms with Crippen molar-refractivity contribution in [3.63, 3.8) is 0 Å². The van der Waals surface area contributed by atoms with Crippen LogP contribution < -0.4 is 10.6 Å². The summed E-state index contributed by atoms with van der Waals surface area (Å²) >= 11 is 5.28. The van der Waals surface area contributed by atoms with Gasteiger partial charge in [-0.15, -0.1) is 0 Å². The van der Waals surface area contributed by atoms with Gasteiger partial charge in [0.05, 0.1) is 6.20 Å². The summed E-state index contributed by atoms with van der Waals surface area (Å²) in [6.07, 6.45) is 6.76. The molecule has 2 N–H and O–H groups in total. The molecule has 1 fully saturated rings. The minimum absolute atomic E-state index is 0.00473. The van der Waals surface area contributed by atoms with Crippen molar-refractivity contribution in [1.29, 1.82) is 0 Å². The zero-order valence-corrected chi connectivity index (χ0v) is 11.1. The van der Waals surface area contributed by atoms with E-state index < -0.39 is 0 Å². The van der Waals surface area contributed by atoms with Gasteiger partial charge >= 0.3 is 0 Å². The van der Waals surface area contributed by atoms with Gasteiger partial charge in [-0.05, 0) is 38.9 Å². The Balaban J connectivity index is 1.81. The first kappa shape index (κ1) is 12.4. The fourth-order valence-corrected chi connectivity index (χ4v) is 2.47. The molecule has 0 aromatic carbocycles. The molecule has 1 aliphatic rings. The van der Waals surface area contributed by atoms with Crippen LogP contribution in [-0.2, 0) is 0 Å². The molecule has 2 rings (SSSR count). The summed E-state index contributed by atoms with van der Waals surface area (Å²) < 4.78 is 5.46. The van der Waals surface area contributed by atoms with Crippen LogP contribution in [0.3, 0.4) is 0 Å². The van der Waals surface area contributed by atoms with E-state index in [2.05, 4.69) is 15.6 Å². The fraction of sp³-hybridized carbons (Fsp3) is 0.667. The monoisotopic (exact) mass is 253 g/mol. The van der Waals surface area contributed by atoms with Crippen LogP contribution in [0.4, 0.5) is 0 Å². The number of rotatable bonds is 3. The SMILES string of the molecule is Cc1cnc(C(C)NC(=S)NC2CCCC2)o1. The van der Waals surface area contributed by atoms with Crippen molar-refractivity contribution in [3.05, 3.63) is 17.8 Å². The molecule has 0 bridgehead atoms. The average Bonchev–Trinajstić information content (AvgIpc) is 2.89. The number of hydrogen-bond donors (Lipinski definition) is 2. The summed E-state index contributed by atoms with van der Waals surface area (Å²) in [6, 6.07) is 0.540. The average molecular weight is 253 g/mol. The van der Waals surface area contributed by atoms with Gasteiger partial charge in [-0.2, -0.15) is 0 Å². The maximum atomic E-state index is 5.46. The second-order valence-electron chi connectivity index (χ2n) is 4.63. The summed E-state index contributed by atoms with van der Waals surface area (Å²) in [5, 5.41) is 7.23. The summed E-state index contributed by atoms with van der Waals surface area (Å²) in [7, 11) is 0. The zero-order chi connectivity index (χ0) is 12.3. The van der Waals surface area contributed by atoms with Crippen LogP contribution >= 0.6 is 12.2 Å². The van der Waals surface area contributed by atoms with Crippen LogP contribution in [-0.4, -0.2) is 16.1 Å². The highest BCUT2D eigenvalue weighted by Gasteiger charge is 2.17. The lowest BCUT2D eigenvalue weighted by atomic mass is 10.2. The third-order valence-corrected chi connectivity index (χ3v) is 3.28. The van der Waals surface area contributed by atoms with Crippen LogP contribution in [0.15, 0.2) is 10.6 Å². The van der Waals surface area contributed by atoms with E-state index in [-0.39, 0.29) is 6.04 Å². The Morgan fingerprint density at radius 2 is 2.24 bits per heavy atom. The van der Waals surface area contributed by atoms with E-state index in [1.54, 1.807) is 6.20 Å². The fourth-order valence-electron chi connectivity index (χ4n) is 2.13. The van der Waals surface area contributed by atoms with Crippen LogP contribution in [0, 0.1) is 6.92 Å². The molecule has 0 saturated heterocycles. The number of nitrogens with one attached hydrogen (secondary N) is 2. The van der Waals surface area contributed by atoms with E-state index in [9.17, 15) is 0 Å². The molecule has 0 radical (unpaired) electrons. The summed E-state index contributed by atoms with van der Waals surface area (Å²) in [4.78, 5) is 4.18. The number of aryl methyl sites for hydroxylation is 1. The normalized spacial score (nSPS) is 18.0. The van der Waals surface area contributed by atoms with E-state index >= 15 is 0 Å². The van der Waals surface area contributed by atoms with Crippen LogP contribution in [0.1, 0.15) is 50.3 Å². The van der Waals surface area contributed by atoms with Crippen molar-refractivity contribution >= 4 is 17.3 Å². The molecular weight excluding hydrogens is 234 g/mol. The van der Waals surface area contributed by atoms with Gasteiger partial charge in [0.25, 0.3) is 0 Å². The van der Waals surface area contributed by atoms with Crippen molar-refractivity contribution in [2.45, 2.75) is 51.6 Å². The molecule has 0 spiro atoms. The van der Waals surface area contributed by atoms with E-state index in [0.29, 0.717) is 17.0 Å². The predicted molar refractivity (Wildman–Crippen MR) is 70.8 cm³/mol. The molecule has 1 unspecified atom stereocenters. The molecule has 1 saturated carbocycles. The number of aromatic nitrogens is 1. The molecule has 0 amide bonds. The van der Waals surface area contributed by atoms with Gasteiger partial charge in [0.1, 0.15) is 11.8 Å². The molecule has 94 valence electrons. The molecule has 4 nitrogen and oxygen atoms in total. The third-order valence-electron chi connectivity index (χ3n) is 3.05. The largest absolute Gasteiger partial charge is 0.444 e. The number of hydrogen-bond acceptors (Lipinski definition) is 3. The second-order valence-corrected chi connectivity index (χ2v) is 5.04. The van der Waals surface area contributed by atoms with Gasteiger partial charge in [-0.1, -0.05) is 12.8 Å². The first-order chi connectivity index (χ1) is 8.15. The van der Waals surface area contributed by atoms with Crippen LogP contribution in [0.2, 0.25) is 0 Å². The Hall–Kier alpha value is -1.10. The van der Waals surface area contributed by atoms with Gasteiger partial charge in [-0.25, -0.2) is 4.98 Å². The standard InChI is InChI=1S/C12H19N3OS/c1-8-7-13-11(16-8)9(2)14-12(17)15-10-5-3-4-6-10/h7,9-10H,3-6H2,1-2H3,(H2,14,15,17). The van der Waals surface area contributed by atoms with E-state index in [1.165, 1.54) is 25.7 Å². The lowest BCUT2D eigenvalue weighted by Crippen LogP contribution is -2.41. The minimum Gasteiger partial charge on any atom is -0.444 e. The van der Waals surface area contributed by atoms with Crippen LogP contribution in [0.25, 0.3) is 0 Å². The lowest BCUT2D eigenvalue weighted by molar-refractivity contribution is 0.427. The van der Waals surface area contributed by atoms with Gasteiger partial charge in [0.2, 0.25) is 5.89 Å². The van der Waals surface area contributed by atoms with Crippen LogP contribution in [0.5, 0.6) is 0 Å². The second kappa shape index (κ2) is 5.49. The van der Waals surface area contributed by atoms with Crippen molar-refractivity contribution < 1.29 is 4.42 Å². The third kappa shape index (κ3) is 3.43. The minimum atomic E-state index is 0.00473. The highest BCUT2D eigenvalue weighted by atomic mass is 32.1. The van der Waals surface area contributed by atoms with E-state index in [0.717, 1.165) is 5.76 Å². The maximum Gasteiger partial charge on any atom is 0.216 e. The number of nitrogens with zero attached hydrogens (tertiary/aromatic N) is 1.